The largest absolute Gasteiger partial charge is 0.322 e. The minimum atomic E-state index is -0.494. The van der Waals surface area contributed by atoms with Crippen LogP contribution in [0.1, 0.15) is 31.3 Å². The molecule has 1 atom stereocenters. The van der Waals surface area contributed by atoms with Crippen LogP contribution in [0.5, 0.6) is 0 Å². The fourth-order valence-corrected chi connectivity index (χ4v) is 4.01. The number of para-hydroxylation sites is 2. The molecule has 33 heavy (non-hydrogen) atoms. The summed E-state index contributed by atoms with van der Waals surface area (Å²) in [5.74, 6) is 0.489. The van der Waals surface area contributed by atoms with Gasteiger partial charge in [-0.05, 0) is 55.3 Å². The van der Waals surface area contributed by atoms with Gasteiger partial charge in [0.2, 0.25) is 0 Å². The maximum atomic E-state index is 13.6. The number of carbonyl (C=O) groups excluding carboxylic acids is 1. The van der Waals surface area contributed by atoms with E-state index in [4.69, 9.17) is 16.6 Å². The van der Waals surface area contributed by atoms with Gasteiger partial charge in [-0.15, -0.1) is 0 Å². The number of hydrogen-bond acceptors (Lipinski definition) is 3. The third kappa shape index (κ3) is 4.47. The third-order valence-electron chi connectivity index (χ3n) is 5.77. The van der Waals surface area contributed by atoms with Crippen LogP contribution in [0.15, 0.2) is 77.6 Å². The van der Waals surface area contributed by atoms with E-state index >= 15 is 0 Å². The van der Waals surface area contributed by atoms with E-state index in [9.17, 15) is 9.59 Å². The molecule has 0 radical (unpaired) electrons. The van der Waals surface area contributed by atoms with Gasteiger partial charge in [-0.1, -0.05) is 54.9 Å². The van der Waals surface area contributed by atoms with Crippen molar-refractivity contribution in [1.29, 1.82) is 0 Å². The Balaban J connectivity index is 1.82. The molecular weight excluding hydrogens is 436 g/mol. The van der Waals surface area contributed by atoms with Crippen LogP contribution in [-0.2, 0) is 6.42 Å². The van der Waals surface area contributed by atoms with Crippen LogP contribution in [0.25, 0.3) is 16.6 Å². The molecule has 168 valence electrons. The monoisotopic (exact) mass is 460 g/mol. The van der Waals surface area contributed by atoms with Gasteiger partial charge in [0.05, 0.1) is 22.6 Å². The van der Waals surface area contributed by atoms with Crippen LogP contribution >= 0.6 is 11.6 Å². The second kappa shape index (κ2) is 9.46. The first-order chi connectivity index (χ1) is 15.9. The molecule has 7 heteroatoms. The van der Waals surface area contributed by atoms with Gasteiger partial charge in [-0.3, -0.25) is 9.36 Å². The van der Waals surface area contributed by atoms with Crippen molar-refractivity contribution in [3.8, 4) is 5.69 Å². The van der Waals surface area contributed by atoms with Crippen molar-refractivity contribution in [2.45, 2.75) is 26.3 Å². The van der Waals surface area contributed by atoms with Crippen LogP contribution in [0.4, 0.5) is 10.5 Å². The number of nitrogens with zero attached hydrogens (tertiary/aromatic N) is 3. The second-order valence-electron chi connectivity index (χ2n) is 7.84. The number of amides is 2. The average molecular weight is 461 g/mol. The van der Waals surface area contributed by atoms with E-state index < -0.39 is 6.04 Å². The van der Waals surface area contributed by atoms with Crippen LogP contribution < -0.4 is 10.9 Å². The van der Waals surface area contributed by atoms with Gasteiger partial charge in [0.15, 0.2) is 0 Å². The van der Waals surface area contributed by atoms with Crippen molar-refractivity contribution in [3.05, 3.63) is 99.6 Å². The predicted molar refractivity (Wildman–Crippen MR) is 133 cm³/mol. The van der Waals surface area contributed by atoms with Gasteiger partial charge < -0.3 is 10.2 Å². The van der Waals surface area contributed by atoms with Crippen molar-refractivity contribution < 1.29 is 4.79 Å². The van der Waals surface area contributed by atoms with E-state index in [1.54, 1.807) is 41.9 Å². The highest BCUT2D eigenvalue weighted by Gasteiger charge is 2.25. The molecule has 3 aromatic carbocycles. The van der Waals surface area contributed by atoms with Crippen molar-refractivity contribution in [2.75, 3.05) is 12.4 Å². The lowest BCUT2D eigenvalue weighted by molar-refractivity contribution is 0.205. The fourth-order valence-electron chi connectivity index (χ4n) is 3.82. The molecule has 0 aliphatic heterocycles. The summed E-state index contributed by atoms with van der Waals surface area (Å²) in [5.41, 5.74) is 2.82. The van der Waals surface area contributed by atoms with Gasteiger partial charge in [0.1, 0.15) is 5.82 Å². The quantitative estimate of drug-likeness (QED) is 0.407. The van der Waals surface area contributed by atoms with Crippen LogP contribution in [0.3, 0.4) is 0 Å². The van der Waals surface area contributed by atoms with Gasteiger partial charge in [0.25, 0.3) is 5.56 Å². The number of hydrogen-bond donors (Lipinski definition) is 1. The van der Waals surface area contributed by atoms with E-state index in [0.29, 0.717) is 27.4 Å². The number of nitrogens with one attached hydrogen (secondary N) is 1. The van der Waals surface area contributed by atoms with Crippen molar-refractivity contribution >= 4 is 34.2 Å². The summed E-state index contributed by atoms with van der Waals surface area (Å²) < 4.78 is 1.63. The Labute approximate surface area is 197 Å². The van der Waals surface area contributed by atoms with Gasteiger partial charge >= 0.3 is 6.03 Å². The lowest BCUT2D eigenvalue weighted by atomic mass is 10.1. The van der Waals surface area contributed by atoms with Crippen LogP contribution in [0.2, 0.25) is 5.02 Å². The molecule has 1 unspecified atom stereocenters. The van der Waals surface area contributed by atoms with E-state index in [2.05, 4.69) is 5.32 Å². The number of anilines is 1. The number of rotatable bonds is 5. The molecule has 0 bridgehead atoms. The second-order valence-corrected chi connectivity index (χ2v) is 8.27. The summed E-state index contributed by atoms with van der Waals surface area (Å²) >= 11 is 6.04. The summed E-state index contributed by atoms with van der Waals surface area (Å²) in [5, 5.41) is 3.92. The molecule has 6 nitrogen and oxygen atoms in total. The zero-order valence-corrected chi connectivity index (χ0v) is 19.5. The Morgan fingerprint density at radius 1 is 1.09 bits per heavy atom. The molecule has 1 heterocycles. The van der Waals surface area contributed by atoms with E-state index in [0.717, 1.165) is 17.7 Å². The number of benzene rings is 3. The maximum absolute atomic E-state index is 13.6. The molecule has 0 saturated heterocycles. The minimum absolute atomic E-state index is 0.160. The molecule has 0 spiro atoms. The van der Waals surface area contributed by atoms with E-state index in [1.807, 2.05) is 56.3 Å². The highest BCUT2D eigenvalue weighted by Crippen LogP contribution is 2.25. The molecule has 0 saturated carbocycles. The Morgan fingerprint density at radius 3 is 2.58 bits per heavy atom. The SMILES string of the molecule is CCc1ccccc1-n1c(C(C)N(C)C(=O)Nc2cccc(Cl)c2)nc2ccccc2c1=O. The van der Waals surface area contributed by atoms with Gasteiger partial charge in [-0.2, -0.15) is 0 Å². The topological polar surface area (TPSA) is 67.2 Å². The van der Waals surface area contributed by atoms with Gasteiger partial charge in [0, 0.05) is 17.8 Å². The molecule has 1 N–H and O–H groups in total. The lowest BCUT2D eigenvalue weighted by Gasteiger charge is -2.27. The fraction of sp³-hybridized carbons (Fsp3) is 0.192. The molecule has 0 fully saturated rings. The Morgan fingerprint density at radius 2 is 1.82 bits per heavy atom. The zero-order valence-electron chi connectivity index (χ0n) is 18.7. The summed E-state index contributed by atoms with van der Waals surface area (Å²) in [7, 11) is 1.68. The Hall–Kier alpha value is -3.64. The molecular formula is C26H25ClN4O2. The smallest absolute Gasteiger partial charge is 0.318 e. The molecule has 4 rings (SSSR count). The Bertz CT molecular complexity index is 1380. The molecule has 1 aromatic heterocycles. The number of aromatic nitrogens is 2. The zero-order chi connectivity index (χ0) is 23.5. The number of halogens is 1. The maximum Gasteiger partial charge on any atom is 0.322 e. The highest BCUT2D eigenvalue weighted by molar-refractivity contribution is 6.30. The Kier molecular flexibility index (Phi) is 6.47. The first kappa shape index (κ1) is 22.6. The molecule has 0 aliphatic carbocycles. The minimum Gasteiger partial charge on any atom is -0.318 e. The summed E-state index contributed by atoms with van der Waals surface area (Å²) in [6.45, 7) is 3.91. The summed E-state index contributed by atoms with van der Waals surface area (Å²) in [6, 6.07) is 21.2. The number of fused-ring (bicyclic) bond motifs is 1. The van der Waals surface area contributed by atoms with Crippen LogP contribution in [0, 0.1) is 0 Å². The summed E-state index contributed by atoms with van der Waals surface area (Å²) in [6.07, 6.45) is 0.758. The number of urea groups is 1. The predicted octanol–water partition coefficient (Wildman–Crippen LogP) is 5.83. The van der Waals surface area contributed by atoms with E-state index in [1.165, 1.54) is 4.90 Å². The molecule has 0 aliphatic rings. The van der Waals surface area contributed by atoms with Crippen LogP contribution in [-0.4, -0.2) is 27.5 Å². The third-order valence-corrected chi connectivity index (χ3v) is 6.00. The molecule has 2 amide bonds. The summed E-state index contributed by atoms with van der Waals surface area (Å²) in [4.78, 5) is 33.0. The molecule has 4 aromatic rings. The van der Waals surface area contributed by atoms with Gasteiger partial charge in [-0.25, -0.2) is 9.78 Å². The number of aryl methyl sites for hydroxylation is 1. The highest BCUT2D eigenvalue weighted by atomic mass is 35.5. The average Bonchev–Trinajstić information content (AvgIpc) is 2.83. The standard InChI is InChI=1S/C26H25ClN4O2/c1-4-18-10-5-8-15-23(18)31-24(29-22-14-7-6-13-21(22)25(31)32)17(2)30(3)26(33)28-20-12-9-11-19(27)16-20/h5-17H,4H2,1-3H3,(H,28,33). The lowest BCUT2D eigenvalue weighted by Crippen LogP contribution is -2.37. The van der Waals surface area contributed by atoms with Crippen molar-refractivity contribution in [3.63, 3.8) is 0 Å². The van der Waals surface area contributed by atoms with Crippen molar-refractivity contribution in [2.24, 2.45) is 0 Å². The first-order valence-corrected chi connectivity index (χ1v) is 11.2. The van der Waals surface area contributed by atoms with E-state index in [-0.39, 0.29) is 11.6 Å². The first-order valence-electron chi connectivity index (χ1n) is 10.8. The number of carbonyl (C=O) groups is 1. The normalized spacial score (nSPS) is 11.9. The van der Waals surface area contributed by atoms with Crippen molar-refractivity contribution in [1.82, 2.24) is 14.5 Å².